The topological polar surface area (TPSA) is 93.8 Å². The predicted molar refractivity (Wildman–Crippen MR) is 103 cm³/mol. The van der Waals surface area contributed by atoms with Crippen molar-refractivity contribution in [1.82, 2.24) is 15.8 Å². The Morgan fingerprint density at radius 2 is 1.89 bits per heavy atom. The van der Waals surface area contributed by atoms with Crippen LogP contribution >= 0.6 is 0 Å². The first-order valence-corrected chi connectivity index (χ1v) is 9.48. The molecule has 0 spiro atoms. The van der Waals surface area contributed by atoms with Crippen LogP contribution in [0, 0.1) is 0 Å². The summed E-state index contributed by atoms with van der Waals surface area (Å²) in [5.74, 6) is -0.899. The van der Waals surface area contributed by atoms with Crippen molar-refractivity contribution in [2.24, 2.45) is 0 Å². The highest BCUT2D eigenvalue weighted by molar-refractivity contribution is 6.07. The second-order valence-corrected chi connectivity index (χ2v) is 7.21. The number of amides is 4. The Balaban J connectivity index is 1.60. The first kappa shape index (κ1) is 19.0. The summed E-state index contributed by atoms with van der Waals surface area (Å²) in [6.07, 6.45) is 4.02. The quantitative estimate of drug-likeness (QED) is 0.662. The number of nitrogens with zero attached hydrogens (tertiary/aromatic N) is 2. The number of piperidine rings is 1. The minimum atomic E-state index is -0.974. The molecular weight excluding hydrogens is 346 g/mol. The molecule has 2 aliphatic rings. The summed E-state index contributed by atoms with van der Waals surface area (Å²) < 4.78 is 0. The summed E-state index contributed by atoms with van der Waals surface area (Å²) in [5, 5.41) is 6.50. The third kappa shape index (κ3) is 3.99. The molecular formula is C19H27N5O3. The zero-order valence-corrected chi connectivity index (χ0v) is 15.9. The molecule has 2 fully saturated rings. The van der Waals surface area contributed by atoms with Gasteiger partial charge in [0.2, 0.25) is 0 Å². The minimum absolute atomic E-state index is 0.0370. The highest BCUT2D eigenvalue weighted by Crippen LogP contribution is 2.28. The van der Waals surface area contributed by atoms with Crippen molar-refractivity contribution in [2.75, 3.05) is 29.9 Å². The van der Waals surface area contributed by atoms with Crippen LogP contribution in [0.2, 0.25) is 0 Å². The molecule has 8 nitrogen and oxygen atoms in total. The monoisotopic (exact) mass is 373 g/mol. The van der Waals surface area contributed by atoms with Crippen molar-refractivity contribution in [3.05, 3.63) is 24.3 Å². The lowest BCUT2D eigenvalue weighted by Gasteiger charge is -2.30. The number of rotatable bonds is 6. The first-order chi connectivity index (χ1) is 12.9. The Labute approximate surface area is 159 Å². The van der Waals surface area contributed by atoms with Gasteiger partial charge in [-0.15, -0.1) is 0 Å². The number of para-hydroxylation sites is 2. The Morgan fingerprint density at radius 1 is 1.19 bits per heavy atom. The molecule has 0 bridgehead atoms. The van der Waals surface area contributed by atoms with Gasteiger partial charge in [-0.25, -0.2) is 4.79 Å². The lowest BCUT2D eigenvalue weighted by molar-refractivity contribution is -0.138. The largest absolute Gasteiger partial charge is 0.374 e. The third-order valence-electron chi connectivity index (χ3n) is 5.24. The van der Waals surface area contributed by atoms with Crippen molar-refractivity contribution >= 4 is 29.2 Å². The van der Waals surface area contributed by atoms with Crippen molar-refractivity contribution < 1.29 is 14.4 Å². The van der Waals surface area contributed by atoms with E-state index < -0.39 is 23.4 Å². The molecule has 2 heterocycles. The Hall–Kier alpha value is -2.77. The average molecular weight is 373 g/mol. The molecule has 3 rings (SSSR count). The molecule has 0 saturated carbocycles. The lowest BCUT2D eigenvalue weighted by atomic mass is 10.00. The smallest absolute Gasteiger partial charge is 0.344 e. The molecule has 27 heavy (non-hydrogen) atoms. The van der Waals surface area contributed by atoms with Gasteiger partial charge >= 0.3 is 6.03 Å². The van der Waals surface area contributed by atoms with Crippen molar-refractivity contribution in [2.45, 2.75) is 45.1 Å². The molecule has 2 aliphatic heterocycles. The highest BCUT2D eigenvalue weighted by atomic mass is 16.2. The van der Waals surface area contributed by atoms with Gasteiger partial charge in [-0.1, -0.05) is 19.1 Å². The van der Waals surface area contributed by atoms with Gasteiger partial charge in [0.1, 0.15) is 5.54 Å². The van der Waals surface area contributed by atoms with E-state index in [2.05, 4.69) is 21.0 Å². The van der Waals surface area contributed by atoms with E-state index in [-0.39, 0.29) is 6.54 Å². The average Bonchev–Trinajstić information content (AvgIpc) is 2.91. The van der Waals surface area contributed by atoms with Gasteiger partial charge < -0.3 is 15.5 Å². The molecule has 146 valence electrons. The fourth-order valence-electron chi connectivity index (χ4n) is 3.40. The van der Waals surface area contributed by atoms with Gasteiger partial charge in [-0.3, -0.25) is 15.0 Å². The van der Waals surface area contributed by atoms with Crippen LogP contribution < -0.4 is 21.0 Å². The molecule has 2 saturated heterocycles. The van der Waals surface area contributed by atoms with Crippen LogP contribution in [-0.2, 0) is 9.59 Å². The maximum atomic E-state index is 12.3. The van der Waals surface area contributed by atoms with Gasteiger partial charge in [0.05, 0.1) is 17.9 Å². The summed E-state index contributed by atoms with van der Waals surface area (Å²) >= 11 is 0. The Bertz CT molecular complexity index is 732. The molecule has 1 aromatic carbocycles. The van der Waals surface area contributed by atoms with Crippen LogP contribution in [0.15, 0.2) is 24.3 Å². The van der Waals surface area contributed by atoms with Crippen LogP contribution in [-0.4, -0.2) is 48.0 Å². The number of imide groups is 1. The summed E-state index contributed by atoms with van der Waals surface area (Å²) in [7, 11) is 0. The van der Waals surface area contributed by atoms with E-state index in [1.54, 1.807) is 6.92 Å². The number of carbonyl (C=O) groups excluding carboxylic acids is 3. The molecule has 1 atom stereocenters. The number of urea groups is 1. The molecule has 1 aromatic rings. The van der Waals surface area contributed by atoms with E-state index in [0.29, 0.717) is 6.42 Å². The lowest BCUT2D eigenvalue weighted by Crippen LogP contribution is -2.50. The summed E-state index contributed by atoms with van der Waals surface area (Å²) in [5.41, 5.74) is 3.35. The molecule has 0 aliphatic carbocycles. The van der Waals surface area contributed by atoms with Crippen LogP contribution in [0.1, 0.15) is 39.5 Å². The highest BCUT2D eigenvalue weighted by Gasteiger charge is 2.47. The number of benzene rings is 1. The van der Waals surface area contributed by atoms with Crippen molar-refractivity contribution in [3.63, 3.8) is 0 Å². The second kappa shape index (κ2) is 7.85. The number of anilines is 2. The molecule has 0 radical (unpaired) electrons. The standard InChI is InChI=1S/C19H27N5O3/c1-3-19(2)17(26)24(18(27)21-19)22-16(25)13-20-14-9-5-6-10-15(14)23-11-7-4-8-12-23/h5-6,9-10,20H,3-4,7-8,11-13H2,1-2H3,(H,21,27)(H,22,25)/t19-/m0/s1. The summed E-state index contributed by atoms with van der Waals surface area (Å²) in [6, 6.07) is 7.26. The van der Waals surface area contributed by atoms with E-state index in [1.165, 1.54) is 6.42 Å². The third-order valence-corrected chi connectivity index (χ3v) is 5.24. The number of carbonyl (C=O) groups is 3. The molecule has 4 amide bonds. The van der Waals surface area contributed by atoms with Crippen LogP contribution in [0.25, 0.3) is 0 Å². The minimum Gasteiger partial charge on any atom is -0.374 e. The van der Waals surface area contributed by atoms with Gasteiger partial charge in [-0.05, 0) is 44.7 Å². The van der Waals surface area contributed by atoms with Crippen LogP contribution in [0.5, 0.6) is 0 Å². The second-order valence-electron chi connectivity index (χ2n) is 7.21. The number of hydrazine groups is 1. The van der Waals surface area contributed by atoms with E-state index in [0.717, 1.165) is 42.3 Å². The van der Waals surface area contributed by atoms with Gasteiger partial charge in [0.25, 0.3) is 11.8 Å². The van der Waals surface area contributed by atoms with Crippen molar-refractivity contribution in [3.8, 4) is 0 Å². The number of hydrogen-bond acceptors (Lipinski definition) is 5. The van der Waals surface area contributed by atoms with E-state index in [1.807, 2.05) is 31.2 Å². The van der Waals surface area contributed by atoms with Crippen molar-refractivity contribution in [1.29, 1.82) is 0 Å². The van der Waals surface area contributed by atoms with Crippen LogP contribution in [0.4, 0.5) is 16.2 Å². The van der Waals surface area contributed by atoms with E-state index in [4.69, 9.17) is 0 Å². The fourth-order valence-corrected chi connectivity index (χ4v) is 3.40. The summed E-state index contributed by atoms with van der Waals surface area (Å²) in [6.45, 7) is 5.42. The van der Waals surface area contributed by atoms with Gasteiger partial charge in [0, 0.05) is 13.1 Å². The van der Waals surface area contributed by atoms with E-state index >= 15 is 0 Å². The molecule has 0 aromatic heterocycles. The number of hydrogen-bond donors (Lipinski definition) is 3. The van der Waals surface area contributed by atoms with Gasteiger partial charge in [0.15, 0.2) is 0 Å². The summed E-state index contributed by atoms with van der Waals surface area (Å²) in [4.78, 5) is 38.9. The van der Waals surface area contributed by atoms with E-state index in [9.17, 15) is 14.4 Å². The Morgan fingerprint density at radius 3 is 2.56 bits per heavy atom. The van der Waals surface area contributed by atoms with Gasteiger partial charge in [-0.2, -0.15) is 5.01 Å². The molecule has 8 heteroatoms. The van der Waals surface area contributed by atoms with Crippen LogP contribution in [0.3, 0.4) is 0 Å². The normalized spacial score (nSPS) is 22.6. The maximum absolute atomic E-state index is 12.3. The maximum Gasteiger partial charge on any atom is 0.344 e. The first-order valence-electron chi connectivity index (χ1n) is 9.48. The predicted octanol–water partition coefficient (Wildman–Crippen LogP) is 1.84. The fraction of sp³-hybridized carbons (Fsp3) is 0.526. The Kier molecular flexibility index (Phi) is 5.53. The number of nitrogens with one attached hydrogen (secondary N) is 3. The zero-order valence-electron chi connectivity index (χ0n) is 15.9. The SMILES string of the molecule is CC[C@]1(C)NC(=O)N(NC(=O)CNc2ccccc2N2CCCCC2)C1=O. The zero-order chi connectivity index (χ0) is 19.4. The molecule has 0 unspecified atom stereocenters. The molecule has 3 N–H and O–H groups in total.